The Bertz CT molecular complexity index is 1170. The summed E-state index contributed by atoms with van der Waals surface area (Å²) in [6, 6.07) is 12.6. The minimum atomic E-state index is -0.343. The molecule has 0 saturated carbocycles. The number of nitrogens with zero attached hydrogens (tertiary/aromatic N) is 3. The summed E-state index contributed by atoms with van der Waals surface area (Å²) in [5.74, 6) is 0.810. The van der Waals surface area contributed by atoms with Gasteiger partial charge in [-0.15, -0.1) is 10.2 Å². The molecule has 3 aromatic rings. The second kappa shape index (κ2) is 12.2. The number of halogens is 1. The van der Waals surface area contributed by atoms with Crippen molar-refractivity contribution in [1.29, 1.82) is 0 Å². The van der Waals surface area contributed by atoms with Gasteiger partial charge in [0.15, 0.2) is 11.0 Å². The lowest BCUT2D eigenvalue weighted by atomic mass is 10.0. The average molecular weight is 514 g/mol. The van der Waals surface area contributed by atoms with Gasteiger partial charge in [0.05, 0.1) is 22.4 Å². The van der Waals surface area contributed by atoms with Gasteiger partial charge in [0.1, 0.15) is 0 Å². The molecule has 0 unspecified atom stereocenters. The number of amides is 2. The molecule has 0 fully saturated rings. The zero-order chi connectivity index (χ0) is 25.5. The van der Waals surface area contributed by atoms with E-state index in [-0.39, 0.29) is 23.6 Å². The number of aryl methyl sites for hydroxylation is 2. The van der Waals surface area contributed by atoms with Gasteiger partial charge in [-0.1, -0.05) is 55.4 Å². The quantitative estimate of drug-likeness (QED) is 0.333. The number of aromatic nitrogens is 3. The third-order valence-electron chi connectivity index (χ3n) is 5.34. The highest BCUT2D eigenvalue weighted by Gasteiger charge is 2.25. The summed E-state index contributed by atoms with van der Waals surface area (Å²) in [5.41, 5.74) is 3.39. The van der Waals surface area contributed by atoms with Crippen LogP contribution in [0, 0.1) is 19.8 Å². The van der Waals surface area contributed by atoms with Gasteiger partial charge >= 0.3 is 0 Å². The predicted molar refractivity (Wildman–Crippen MR) is 142 cm³/mol. The second-order valence-electron chi connectivity index (χ2n) is 8.93. The number of carbonyl (C=O) groups is 2. The maximum Gasteiger partial charge on any atom is 0.253 e. The fraction of sp³-hybridized carbons (Fsp3) is 0.385. The van der Waals surface area contributed by atoms with E-state index in [0.29, 0.717) is 40.5 Å². The van der Waals surface area contributed by atoms with Gasteiger partial charge < -0.3 is 15.2 Å². The van der Waals surface area contributed by atoms with E-state index in [0.717, 1.165) is 16.8 Å². The summed E-state index contributed by atoms with van der Waals surface area (Å²) >= 11 is 7.55. The van der Waals surface area contributed by atoms with Crippen LogP contribution in [0.5, 0.6) is 0 Å². The molecule has 0 aliphatic heterocycles. The molecule has 1 atom stereocenters. The summed E-state index contributed by atoms with van der Waals surface area (Å²) in [5, 5.41) is 15.8. The van der Waals surface area contributed by atoms with Crippen LogP contribution in [-0.2, 0) is 11.3 Å². The molecule has 0 saturated heterocycles. The highest BCUT2D eigenvalue weighted by atomic mass is 35.5. The molecule has 0 aliphatic rings. The van der Waals surface area contributed by atoms with Crippen molar-refractivity contribution in [3.63, 3.8) is 0 Å². The van der Waals surface area contributed by atoms with Gasteiger partial charge in [-0.25, -0.2) is 0 Å². The third-order valence-corrected chi connectivity index (χ3v) is 6.64. The number of carbonyl (C=O) groups excluding carboxylic acids is 2. The monoisotopic (exact) mass is 513 g/mol. The van der Waals surface area contributed by atoms with Crippen molar-refractivity contribution in [1.82, 2.24) is 20.1 Å². The first kappa shape index (κ1) is 26.8. The van der Waals surface area contributed by atoms with Gasteiger partial charge in [-0.3, -0.25) is 9.59 Å². The summed E-state index contributed by atoms with van der Waals surface area (Å²) in [4.78, 5) is 25.5. The lowest BCUT2D eigenvalue weighted by Crippen LogP contribution is -2.31. The lowest BCUT2D eigenvalue weighted by molar-refractivity contribution is -0.113. The molecule has 2 amide bonds. The Morgan fingerprint density at radius 1 is 1.09 bits per heavy atom. The van der Waals surface area contributed by atoms with Crippen LogP contribution >= 0.6 is 23.4 Å². The van der Waals surface area contributed by atoms with Crippen LogP contribution in [0.3, 0.4) is 0 Å². The molecule has 0 bridgehead atoms. The molecular weight excluding hydrogens is 482 g/mol. The summed E-state index contributed by atoms with van der Waals surface area (Å²) < 4.78 is 1.95. The number of benzene rings is 2. The summed E-state index contributed by atoms with van der Waals surface area (Å²) in [6.07, 6.45) is 0.687. The Balaban J connectivity index is 1.74. The highest BCUT2D eigenvalue weighted by molar-refractivity contribution is 7.99. The van der Waals surface area contributed by atoms with Crippen molar-refractivity contribution in [2.24, 2.45) is 5.92 Å². The number of thioether (sulfide) groups is 1. The van der Waals surface area contributed by atoms with Gasteiger partial charge in [-0.2, -0.15) is 0 Å². The number of rotatable bonds is 10. The lowest BCUT2D eigenvalue weighted by Gasteiger charge is -2.21. The molecule has 2 N–H and O–H groups in total. The van der Waals surface area contributed by atoms with Crippen molar-refractivity contribution < 1.29 is 9.59 Å². The van der Waals surface area contributed by atoms with Crippen LogP contribution in [-0.4, -0.2) is 32.3 Å². The molecule has 186 valence electrons. The van der Waals surface area contributed by atoms with Gasteiger partial charge in [0.2, 0.25) is 5.91 Å². The van der Waals surface area contributed by atoms with Gasteiger partial charge in [0.25, 0.3) is 5.91 Å². The van der Waals surface area contributed by atoms with E-state index in [2.05, 4.69) is 40.7 Å². The zero-order valence-corrected chi connectivity index (χ0v) is 22.3. The molecule has 1 heterocycles. The van der Waals surface area contributed by atoms with Crippen molar-refractivity contribution in [3.05, 3.63) is 70.0 Å². The van der Waals surface area contributed by atoms with Crippen LogP contribution < -0.4 is 10.6 Å². The normalized spacial score (nSPS) is 12.0. The van der Waals surface area contributed by atoms with E-state index in [1.54, 1.807) is 24.3 Å². The fourth-order valence-corrected chi connectivity index (χ4v) is 4.95. The van der Waals surface area contributed by atoms with E-state index in [9.17, 15) is 9.59 Å². The fourth-order valence-electron chi connectivity index (χ4n) is 3.92. The maximum atomic E-state index is 13.0. The van der Waals surface area contributed by atoms with Crippen molar-refractivity contribution in [2.75, 3.05) is 11.1 Å². The Kier molecular flexibility index (Phi) is 9.34. The molecule has 2 aromatic carbocycles. The molecule has 0 aliphatic carbocycles. The number of hydrogen-bond donors (Lipinski definition) is 2. The number of anilines is 1. The third kappa shape index (κ3) is 7.32. The molecule has 7 nitrogen and oxygen atoms in total. The first-order valence-corrected chi connectivity index (χ1v) is 13.0. The maximum absolute atomic E-state index is 13.0. The Morgan fingerprint density at radius 3 is 2.40 bits per heavy atom. The first-order valence-electron chi connectivity index (χ1n) is 11.7. The SMILES string of the molecule is CCn1c(SCC(=O)Nc2cc(C)cc(C)c2)nnc1[C@@H](CC(C)C)NC(=O)c1ccccc1Cl. The molecule has 9 heteroatoms. The van der Waals surface area contributed by atoms with E-state index in [1.807, 2.05) is 37.5 Å². The Hall–Kier alpha value is -2.84. The minimum Gasteiger partial charge on any atom is -0.342 e. The van der Waals surface area contributed by atoms with Crippen LogP contribution in [0.4, 0.5) is 5.69 Å². The predicted octanol–water partition coefficient (Wildman–Crippen LogP) is 5.82. The van der Waals surface area contributed by atoms with Gasteiger partial charge in [0, 0.05) is 12.2 Å². The standard InChI is InChI=1S/C26H32ClN5O2S/c1-6-32-24(22(11-16(2)3)29-25(34)20-9-7-8-10-21(20)27)30-31-26(32)35-15-23(33)28-19-13-17(4)12-18(5)14-19/h7-10,12-14,16,22H,6,11,15H2,1-5H3,(H,28,33)(H,29,34)/t22-/m1/s1. The first-order chi connectivity index (χ1) is 16.7. The van der Waals surface area contributed by atoms with Crippen molar-refractivity contribution in [2.45, 2.75) is 58.8 Å². The highest BCUT2D eigenvalue weighted by Crippen LogP contribution is 2.26. The van der Waals surface area contributed by atoms with E-state index in [4.69, 9.17) is 11.6 Å². The average Bonchev–Trinajstić information content (AvgIpc) is 3.19. The Labute approximate surface area is 216 Å². The van der Waals surface area contributed by atoms with E-state index in [1.165, 1.54) is 11.8 Å². The van der Waals surface area contributed by atoms with Crippen LogP contribution in [0.1, 0.15) is 60.5 Å². The molecule has 0 spiro atoms. The number of nitrogens with one attached hydrogen (secondary N) is 2. The van der Waals surface area contributed by atoms with Crippen molar-refractivity contribution in [3.8, 4) is 0 Å². The van der Waals surface area contributed by atoms with E-state index >= 15 is 0 Å². The van der Waals surface area contributed by atoms with Crippen LogP contribution in [0.25, 0.3) is 0 Å². The molecule has 1 aromatic heterocycles. The van der Waals surface area contributed by atoms with Gasteiger partial charge in [-0.05, 0) is 68.5 Å². The van der Waals surface area contributed by atoms with E-state index < -0.39 is 0 Å². The summed E-state index contributed by atoms with van der Waals surface area (Å²) in [7, 11) is 0. The minimum absolute atomic E-state index is 0.113. The zero-order valence-electron chi connectivity index (χ0n) is 20.8. The number of hydrogen-bond acceptors (Lipinski definition) is 5. The molecule has 3 rings (SSSR count). The second-order valence-corrected chi connectivity index (χ2v) is 10.3. The van der Waals surface area contributed by atoms with Crippen molar-refractivity contribution >= 4 is 40.9 Å². The smallest absolute Gasteiger partial charge is 0.253 e. The molecule has 35 heavy (non-hydrogen) atoms. The molecular formula is C26H32ClN5O2S. The Morgan fingerprint density at radius 2 is 1.77 bits per heavy atom. The molecule has 0 radical (unpaired) electrons. The van der Waals surface area contributed by atoms with Crippen LogP contribution in [0.2, 0.25) is 5.02 Å². The van der Waals surface area contributed by atoms with Crippen LogP contribution in [0.15, 0.2) is 47.6 Å². The summed E-state index contributed by atoms with van der Waals surface area (Å²) in [6.45, 7) is 10.8. The topological polar surface area (TPSA) is 88.9 Å². The largest absolute Gasteiger partial charge is 0.342 e.